The summed E-state index contributed by atoms with van der Waals surface area (Å²) in [5.41, 5.74) is 2.39. The molecule has 4 nitrogen and oxygen atoms in total. The molecule has 0 saturated heterocycles. The van der Waals surface area contributed by atoms with Crippen LogP contribution in [-0.2, 0) is 11.2 Å². The van der Waals surface area contributed by atoms with Gasteiger partial charge < -0.3 is 14.8 Å². The number of amides is 1. The maximum atomic E-state index is 12.4. The van der Waals surface area contributed by atoms with E-state index in [1.54, 1.807) is 31.4 Å². The average Bonchev–Trinajstić information content (AvgIpc) is 2.55. The molecule has 22 heavy (non-hydrogen) atoms. The second kappa shape index (κ2) is 6.14. The number of rotatable bonds is 3. The van der Waals surface area contributed by atoms with Crippen LogP contribution in [0.25, 0.3) is 0 Å². The first-order valence-electron chi connectivity index (χ1n) is 7.12. The highest BCUT2D eigenvalue weighted by atomic mass is 16.5. The molecule has 0 spiro atoms. The smallest absolute Gasteiger partial charge is 0.231 e. The molecule has 1 heterocycles. The lowest BCUT2D eigenvalue weighted by molar-refractivity contribution is -0.121. The van der Waals surface area contributed by atoms with Crippen molar-refractivity contribution in [3.63, 3.8) is 0 Å². The van der Waals surface area contributed by atoms with Gasteiger partial charge in [0.05, 0.1) is 13.0 Å². The highest BCUT2D eigenvalue weighted by molar-refractivity contribution is 6.32. The first kappa shape index (κ1) is 14.5. The summed E-state index contributed by atoms with van der Waals surface area (Å²) in [6.07, 6.45) is 0.632. The van der Waals surface area contributed by atoms with Crippen molar-refractivity contribution in [2.24, 2.45) is 5.92 Å². The van der Waals surface area contributed by atoms with Crippen molar-refractivity contribution in [3.8, 4) is 11.5 Å². The topological polar surface area (TPSA) is 47.6 Å². The molecule has 2 aromatic carbocycles. The maximum Gasteiger partial charge on any atom is 0.231 e. The number of hydrogen-bond donors (Lipinski definition) is 1. The zero-order valence-corrected chi connectivity index (χ0v) is 12.3. The van der Waals surface area contributed by atoms with Gasteiger partial charge >= 0.3 is 0 Å². The van der Waals surface area contributed by atoms with Crippen LogP contribution < -0.4 is 20.3 Å². The van der Waals surface area contributed by atoms with Gasteiger partial charge in [0.1, 0.15) is 26.0 Å². The van der Waals surface area contributed by atoms with E-state index in [1.165, 1.54) is 0 Å². The standard InChI is InChI=1S/C17H16BNO3/c1-21-15-6-7-16-11(9-15)8-12(10-22-16)17(20)19-14-4-2-13(18)3-5-14/h2-7,9,12H,8,10H2,1H3,(H,19,20). The van der Waals surface area contributed by atoms with E-state index >= 15 is 0 Å². The molecule has 1 aliphatic rings. The predicted molar refractivity (Wildman–Crippen MR) is 86.1 cm³/mol. The number of benzene rings is 2. The Morgan fingerprint density at radius 2 is 2.05 bits per heavy atom. The number of carbonyl (C=O) groups excluding carboxylic acids is 1. The lowest BCUT2D eigenvalue weighted by atomic mass is 9.95. The number of anilines is 1. The summed E-state index contributed by atoms with van der Waals surface area (Å²) in [6, 6.07) is 12.7. The second-order valence-corrected chi connectivity index (χ2v) is 5.30. The largest absolute Gasteiger partial charge is 0.497 e. The highest BCUT2D eigenvalue weighted by Gasteiger charge is 2.26. The molecule has 2 radical (unpaired) electrons. The third-order valence-electron chi connectivity index (χ3n) is 3.72. The Labute approximate surface area is 130 Å². The summed E-state index contributed by atoms with van der Waals surface area (Å²) in [4.78, 5) is 12.4. The number of fused-ring (bicyclic) bond motifs is 1. The quantitative estimate of drug-likeness (QED) is 0.876. The van der Waals surface area contributed by atoms with Crippen LogP contribution in [0.3, 0.4) is 0 Å². The van der Waals surface area contributed by atoms with Crippen molar-refractivity contribution in [1.29, 1.82) is 0 Å². The van der Waals surface area contributed by atoms with Gasteiger partial charge in [-0.3, -0.25) is 4.79 Å². The van der Waals surface area contributed by atoms with Crippen molar-refractivity contribution in [2.75, 3.05) is 19.0 Å². The molecule has 0 aliphatic carbocycles. The summed E-state index contributed by atoms with van der Waals surface area (Å²) in [5, 5.41) is 2.89. The van der Waals surface area contributed by atoms with E-state index in [0.717, 1.165) is 22.7 Å². The van der Waals surface area contributed by atoms with Crippen LogP contribution >= 0.6 is 0 Å². The number of methoxy groups -OCH3 is 1. The van der Waals surface area contributed by atoms with Crippen molar-refractivity contribution < 1.29 is 14.3 Å². The van der Waals surface area contributed by atoms with Crippen LogP contribution in [0.4, 0.5) is 5.69 Å². The zero-order valence-electron chi connectivity index (χ0n) is 12.3. The van der Waals surface area contributed by atoms with Gasteiger partial charge in [-0.1, -0.05) is 17.6 Å². The first-order valence-corrected chi connectivity index (χ1v) is 7.12. The molecule has 2 aromatic rings. The molecule has 1 amide bonds. The predicted octanol–water partition coefficient (Wildman–Crippen LogP) is 1.68. The summed E-state index contributed by atoms with van der Waals surface area (Å²) < 4.78 is 10.9. The molecule has 1 aliphatic heterocycles. The van der Waals surface area contributed by atoms with Crippen LogP contribution in [0.5, 0.6) is 11.5 Å². The average molecular weight is 293 g/mol. The molecule has 5 heteroatoms. The number of hydrogen-bond acceptors (Lipinski definition) is 3. The fourth-order valence-electron chi connectivity index (χ4n) is 2.48. The minimum Gasteiger partial charge on any atom is -0.497 e. The highest BCUT2D eigenvalue weighted by Crippen LogP contribution is 2.31. The van der Waals surface area contributed by atoms with E-state index < -0.39 is 0 Å². The van der Waals surface area contributed by atoms with Crippen molar-refractivity contribution >= 4 is 24.9 Å². The van der Waals surface area contributed by atoms with Gasteiger partial charge in [-0.05, 0) is 42.3 Å². The number of ether oxygens (including phenoxy) is 2. The molecular formula is C17H16BNO3. The lowest BCUT2D eigenvalue weighted by Crippen LogP contribution is -2.32. The molecule has 1 atom stereocenters. The SMILES string of the molecule is [B]c1ccc(NC(=O)C2COc3ccc(OC)cc3C2)cc1. The van der Waals surface area contributed by atoms with E-state index in [-0.39, 0.29) is 11.8 Å². The van der Waals surface area contributed by atoms with Crippen LogP contribution in [0, 0.1) is 5.92 Å². The Bertz CT molecular complexity index is 685. The van der Waals surface area contributed by atoms with E-state index in [4.69, 9.17) is 17.3 Å². The molecule has 1 N–H and O–H groups in total. The molecule has 0 bridgehead atoms. The lowest BCUT2D eigenvalue weighted by Gasteiger charge is -2.25. The fraction of sp³-hybridized carbons (Fsp3) is 0.235. The van der Waals surface area contributed by atoms with Crippen molar-refractivity contribution in [3.05, 3.63) is 48.0 Å². The van der Waals surface area contributed by atoms with Crippen LogP contribution in [0.1, 0.15) is 5.56 Å². The second-order valence-electron chi connectivity index (χ2n) is 5.30. The Kier molecular flexibility index (Phi) is 4.05. The Balaban J connectivity index is 1.70. The van der Waals surface area contributed by atoms with E-state index in [0.29, 0.717) is 18.5 Å². The maximum absolute atomic E-state index is 12.4. The molecule has 3 rings (SSSR count). The van der Waals surface area contributed by atoms with Gasteiger partial charge in [-0.25, -0.2) is 0 Å². The van der Waals surface area contributed by atoms with Crippen LogP contribution in [-0.4, -0.2) is 27.5 Å². The van der Waals surface area contributed by atoms with Gasteiger partial charge in [-0.2, -0.15) is 0 Å². The fourth-order valence-corrected chi connectivity index (χ4v) is 2.48. The molecular weight excluding hydrogens is 277 g/mol. The third kappa shape index (κ3) is 3.08. The normalized spacial score (nSPS) is 16.3. The minimum absolute atomic E-state index is 0.0572. The third-order valence-corrected chi connectivity index (χ3v) is 3.72. The van der Waals surface area contributed by atoms with Gasteiger partial charge in [0.15, 0.2) is 0 Å². The Morgan fingerprint density at radius 1 is 1.27 bits per heavy atom. The van der Waals surface area contributed by atoms with Crippen molar-refractivity contribution in [2.45, 2.75) is 6.42 Å². The zero-order chi connectivity index (χ0) is 15.5. The van der Waals surface area contributed by atoms with Crippen LogP contribution in [0.2, 0.25) is 0 Å². The number of nitrogens with one attached hydrogen (secondary N) is 1. The first-order chi connectivity index (χ1) is 10.7. The molecule has 0 saturated carbocycles. The summed E-state index contributed by atoms with van der Waals surface area (Å²) in [6.45, 7) is 0.375. The van der Waals surface area contributed by atoms with Crippen LogP contribution in [0.15, 0.2) is 42.5 Å². The summed E-state index contributed by atoms with van der Waals surface area (Å²) in [5.74, 6) is 1.30. The van der Waals surface area contributed by atoms with Gasteiger partial charge in [0.25, 0.3) is 0 Å². The molecule has 1 unspecified atom stereocenters. The van der Waals surface area contributed by atoms with Gasteiger partial charge in [-0.15, -0.1) is 0 Å². The monoisotopic (exact) mass is 293 g/mol. The van der Waals surface area contributed by atoms with E-state index in [9.17, 15) is 4.79 Å². The van der Waals surface area contributed by atoms with E-state index in [1.807, 2.05) is 18.2 Å². The molecule has 0 aromatic heterocycles. The number of carbonyl (C=O) groups is 1. The van der Waals surface area contributed by atoms with Gasteiger partial charge in [0, 0.05) is 5.69 Å². The summed E-state index contributed by atoms with van der Waals surface area (Å²) in [7, 11) is 7.26. The summed E-state index contributed by atoms with van der Waals surface area (Å²) >= 11 is 0. The van der Waals surface area contributed by atoms with E-state index in [2.05, 4.69) is 5.32 Å². The van der Waals surface area contributed by atoms with Gasteiger partial charge in [0.2, 0.25) is 5.91 Å². The minimum atomic E-state index is -0.225. The van der Waals surface area contributed by atoms with Crippen molar-refractivity contribution in [1.82, 2.24) is 0 Å². The molecule has 110 valence electrons. The molecule has 0 fully saturated rings. The Morgan fingerprint density at radius 3 is 2.77 bits per heavy atom. The Hall–Kier alpha value is -2.43.